The van der Waals surface area contributed by atoms with Crippen molar-refractivity contribution in [2.24, 2.45) is 16.9 Å². The molecule has 0 bridgehead atoms. The number of hydrazone groups is 1. The number of nitrogens with zero attached hydrogens (tertiary/aromatic N) is 5. The van der Waals surface area contributed by atoms with E-state index < -0.39 is 11.9 Å². The van der Waals surface area contributed by atoms with Crippen LogP contribution in [0.25, 0.3) is 0 Å². The lowest BCUT2D eigenvalue weighted by molar-refractivity contribution is -0.456. The van der Waals surface area contributed by atoms with Crippen LogP contribution in [0.1, 0.15) is 32.4 Å². The monoisotopic (exact) mass is 436 g/mol. The number of allylic oxidation sites excluding steroid dienone is 1. The van der Waals surface area contributed by atoms with Crippen LogP contribution in [0.5, 0.6) is 0 Å². The van der Waals surface area contributed by atoms with Gasteiger partial charge in [-0.25, -0.2) is 4.98 Å². The molecule has 0 radical (unpaired) electrons. The molecule has 1 aromatic heterocycles. The number of hydrogen-bond donors (Lipinski definition) is 2. The zero-order valence-corrected chi connectivity index (χ0v) is 17.7. The quantitative estimate of drug-likeness (QED) is 0.709. The Morgan fingerprint density at radius 2 is 2.03 bits per heavy atom. The van der Waals surface area contributed by atoms with Gasteiger partial charge in [-0.1, -0.05) is 18.5 Å². The second-order valence-electron chi connectivity index (χ2n) is 8.52. The maximum atomic E-state index is 12.7. The summed E-state index contributed by atoms with van der Waals surface area (Å²) in [7, 11) is 1.85. The van der Waals surface area contributed by atoms with Crippen molar-refractivity contribution in [1.29, 1.82) is 0 Å². The normalized spacial score (nSPS) is 26.6. The van der Waals surface area contributed by atoms with E-state index >= 15 is 0 Å². The highest BCUT2D eigenvalue weighted by Crippen LogP contribution is 2.35. The van der Waals surface area contributed by atoms with Crippen LogP contribution in [0, 0.1) is 18.8 Å². The summed E-state index contributed by atoms with van der Waals surface area (Å²) in [5.74, 6) is 1.31. The van der Waals surface area contributed by atoms with Crippen molar-refractivity contribution in [1.82, 2.24) is 9.97 Å². The van der Waals surface area contributed by atoms with Gasteiger partial charge in [0, 0.05) is 30.2 Å². The molecule has 0 saturated heterocycles. The molecule has 31 heavy (non-hydrogen) atoms. The van der Waals surface area contributed by atoms with Gasteiger partial charge in [0.25, 0.3) is 0 Å². The number of halogens is 3. The molecule has 2 aliphatic heterocycles. The number of aryl methyl sites for hydroxylation is 1. The first-order valence-electron chi connectivity index (χ1n) is 10.2. The second-order valence-corrected chi connectivity index (χ2v) is 8.52. The van der Waals surface area contributed by atoms with E-state index in [1.807, 2.05) is 32.7 Å². The summed E-state index contributed by atoms with van der Waals surface area (Å²) in [5, 5.41) is 9.78. The van der Waals surface area contributed by atoms with Crippen LogP contribution >= 0.6 is 0 Å². The van der Waals surface area contributed by atoms with E-state index in [0.717, 1.165) is 18.9 Å². The molecule has 2 N–H and O–H groups in total. The number of carbonyl (C=O) groups excluding carboxylic acids is 1. The lowest BCUT2D eigenvalue weighted by Crippen LogP contribution is -2.50. The number of fused-ring (bicyclic) bond motifs is 1. The van der Waals surface area contributed by atoms with Crippen LogP contribution in [-0.4, -0.2) is 57.8 Å². The van der Waals surface area contributed by atoms with Crippen LogP contribution in [0.4, 0.5) is 30.6 Å². The van der Waals surface area contributed by atoms with Crippen molar-refractivity contribution >= 4 is 35.3 Å². The minimum absolute atomic E-state index is 0.0675. The Bertz CT molecular complexity index is 993. The van der Waals surface area contributed by atoms with E-state index in [0.29, 0.717) is 23.1 Å². The second kappa shape index (κ2) is 7.61. The molecule has 1 atom stereocenters. The maximum Gasteiger partial charge on any atom is 0.439 e. The van der Waals surface area contributed by atoms with Gasteiger partial charge < -0.3 is 15.5 Å². The number of rotatable bonds is 4. The highest BCUT2D eigenvalue weighted by molar-refractivity contribution is 6.03. The van der Waals surface area contributed by atoms with Crippen molar-refractivity contribution in [2.75, 3.05) is 22.6 Å². The molecule has 3 heterocycles. The van der Waals surface area contributed by atoms with Crippen molar-refractivity contribution in [3.8, 4) is 0 Å². The van der Waals surface area contributed by atoms with E-state index in [2.05, 4.69) is 25.7 Å². The standard InChI is InChI=1S/C20H24F3N7O/c1-10(2)16-18(31)26-15-11(3)24-19(27-17(15)29(16)4)25-13-7-12(8-13)9-30-6-5-14(28-30)20(21,22)23/h5-6,9-10,12-13,16H,7-8H2,1-4H3,(H-,24,25,26,27,31)/p+1/b30-9+/t12?,13?,16-/m0/s1. The van der Waals surface area contributed by atoms with Crippen LogP contribution in [0.15, 0.2) is 17.4 Å². The van der Waals surface area contributed by atoms with Crippen molar-refractivity contribution in [3.63, 3.8) is 0 Å². The summed E-state index contributed by atoms with van der Waals surface area (Å²) in [5.41, 5.74) is 0.397. The van der Waals surface area contributed by atoms with Gasteiger partial charge >= 0.3 is 6.18 Å². The number of alkyl halides is 3. The first kappa shape index (κ1) is 21.3. The average molecular weight is 436 g/mol. The Morgan fingerprint density at radius 1 is 1.32 bits per heavy atom. The van der Waals surface area contributed by atoms with E-state index in [9.17, 15) is 18.0 Å². The molecule has 166 valence electrons. The van der Waals surface area contributed by atoms with E-state index in [4.69, 9.17) is 0 Å². The number of likely N-dealkylation sites (N-methyl/N-ethyl adjacent to an activating group) is 1. The molecule has 11 heteroatoms. The minimum atomic E-state index is -4.44. The first-order chi connectivity index (χ1) is 14.5. The minimum Gasteiger partial charge on any atom is -0.351 e. The Morgan fingerprint density at radius 3 is 2.65 bits per heavy atom. The highest BCUT2D eigenvalue weighted by Gasteiger charge is 2.40. The molecular formula is C20H25F3N7O+. The predicted molar refractivity (Wildman–Crippen MR) is 112 cm³/mol. The molecule has 4 rings (SSSR count). The fourth-order valence-corrected chi connectivity index (χ4v) is 4.15. The van der Waals surface area contributed by atoms with Gasteiger partial charge in [0.2, 0.25) is 23.8 Å². The van der Waals surface area contributed by atoms with Gasteiger partial charge in [-0.15, -0.1) is 0 Å². The highest BCUT2D eigenvalue weighted by atomic mass is 19.4. The van der Waals surface area contributed by atoms with Gasteiger partial charge in [-0.3, -0.25) is 4.79 Å². The number of hydrogen-bond acceptors (Lipinski definition) is 6. The fourth-order valence-electron chi connectivity index (χ4n) is 4.15. The number of amides is 1. The topological polar surface area (TPSA) is 85.5 Å². The van der Waals surface area contributed by atoms with E-state index in [1.54, 1.807) is 6.21 Å². The molecule has 1 aliphatic carbocycles. The van der Waals surface area contributed by atoms with Crippen molar-refractivity contribution in [3.05, 3.63) is 18.0 Å². The Hall–Kier alpha value is -2.98. The third kappa shape index (κ3) is 4.13. The molecule has 3 aliphatic rings. The maximum absolute atomic E-state index is 12.7. The predicted octanol–water partition coefficient (Wildman–Crippen LogP) is 2.92. The summed E-state index contributed by atoms with van der Waals surface area (Å²) in [6.07, 6.45) is 1.02. The van der Waals surface area contributed by atoms with Gasteiger partial charge in [-0.05, 0) is 25.7 Å². The van der Waals surface area contributed by atoms with E-state index in [-0.39, 0.29) is 29.8 Å². The summed E-state index contributed by atoms with van der Waals surface area (Å²) in [4.78, 5) is 23.4. The summed E-state index contributed by atoms with van der Waals surface area (Å²) in [6.45, 7) is 5.80. The molecule has 8 nitrogen and oxygen atoms in total. The van der Waals surface area contributed by atoms with Crippen LogP contribution in [0.3, 0.4) is 0 Å². The Labute approximate surface area is 177 Å². The number of carbonyl (C=O) groups is 1. The zero-order chi connectivity index (χ0) is 22.5. The number of aromatic nitrogens is 2. The summed E-state index contributed by atoms with van der Waals surface area (Å²) in [6, 6.07) is -0.200. The van der Waals surface area contributed by atoms with Gasteiger partial charge in [0.05, 0.1) is 5.69 Å². The molecule has 1 aromatic rings. The first-order valence-corrected chi connectivity index (χ1v) is 10.2. The van der Waals surface area contributed by atoms with Gasteiger partial charge in [0.15, 0.2) is 12.0 Å². The third-order valence-corrected chi connectivity index (χ3v) is 5.74. The average Bonchev–Trinajstić information content (AvgIpc) is 3.10. The third-order valence-electron chi connectivity index (χ3n) is 5.74. The summed E-state index contributed by atoms with van der Waals surface area (Å²) >= 11 is 0. The Balaban J connectivity index is 1.42. The number of anilines is 3. The number of nitrogens with one attached hydrogen (secondary N) is 2. The Kier molecular flexibility index (Phi) is 5.22. The SMILES string of the molecule is Cc1nc(NC2CC(/C=[N+]3\C=CC(C(F)(F)F)=N3)C2)nc2c1NC(=O)[C@H](C(C)C)N2C. The van der Waals surface area contributed by atoms with Gasteiger partial charge in [0.1, 0.15) is 11.7 Å². The largest absolute Gasteiger partial charge is 0.439 e. The van der Waals surface area contributed by atoms with Crippen molar-refractivity contribution in [2.45, 2.75) is 51.9 Å². The van der Waals surface area contributed by atoms with E-state index in [1.165, 1.54) is 10.9 Å². The molecule has 1 fully saturated rings. The summed E-state index contributed by atoms with van der Waals surface area (Å²) < 4.78 is 39.2. The lowest BCUT2D eigenvalue weighted by Gasteiger charge is -2.37. The molecular weight excluding hydrogens is 411 g/mol. The smallest absolute Gasteiger partial charge is 0.351 e. The lowest BCUT2D eigenvalue weighted by atomic mass is 9.81. The zero-order valence-electron chi connectivity index (χ0n) is 17.7. The molecule has 0 aromatic carbocycles. The molecule has 1 amide bonds. The van der Waals surface area contributed by atoms with Crippen LogP contribution < -0.4 is 15.5 Å². The molecule has 1 saturated carbocycles. The molecule has 0 unspecified atom stereocenters. The van der Waals surface area contributed by atoms with Crippen LogP contribution in [-0.2, 0) is 4.79 Å². The van der Waals surface area contributed by atoms with Crippen LogP contribution in [0.2, 0.25) is 0 Å². The van der Waals surface area contributed by atoms with Crippen molar-refractivity contribution < 1.29 is 22.7 Å². The fraction of sp³-hybridized carbons (Fsp3) is 0.550. The molecule has 0 spiro atoms. The van der Waals surface area contributed by atoms with Gasteiger partial charge in [-0.2, -0.15) is 18.2 Å².